The molecule has 2 rings (SSSR count). The van der Waals surface area contributed by atoms with Crippen molar-refractivity contribution in [1.82, 2.24) is 4.72 Å². The molecule has 1 aliphatic carbocycles. The summed E-state index contributed by atoms with van der Waals surface area (Å²) >= 11 is 0. The summed E-state index contributed by atoms with van der Waals surface area (Å²) in [6.45, 7) is 1.51. The summed E-state index contributed by atoms with van der Waals surface area (Å²) in [5.41, 5.74) is 5.56. The third kappa shape index (κ3) is 3.10. The molecule has 1 saturated carbocycles. The zero-order valence-electron chi connectivity index (χ0n) is 10.5. The third-order valence-electron chi connectivity index (χ3n) is 3.25. The standard InChI is InChI=1S/C12H16F2N2O2S/c1-7-4-10(14)12(5-9(7)13)19(17,18)16-11(6-15)8-2-3-8/h4-5,8,11,16H,2-3,6,15H2,1H3/t11-/m1/s1. The topological polar surface area (TPSA) is 72.2 Å². The van der Waals surface area contributed by atoms with E-state index in [9.17, 15) is 17.2 Å². The van der Waals surface area contributed by atoms with Gasteiger partial charge < -0.3 is 5.73 Å². The van der Waals surface area contributed by atoms with Gasteiger partial charge >= 0.3 is 0 Å². The average molecular weight is 290 g/mol. The van der Waals surface area contributed by atoms with Gasteiger partial charge in [0.25, 0.3) is 0 Å². The number of sulfonamides is 1. The Labute approximate surface area is 111 Å². The van der Waals surface area contributed by atoms with Crippen LogP contribution in [0.15, 0.2) is 17.0 Å². The molecule has 1 aromatic rings. The van der Waals surface area contributed by atoms with Gasteiger partial charge in [0.2, 0.25) is 10.0 Å². The average Bonchev–Trinajstić information content (AvgIpc) is 3.14. The van der Waals surface area contributed by atoms with Crippen LogP contribution in [0.1, 0.15) is 18.4 Å². The number of aryl methyl sites for hydroxylation is 1. The molecule has 3 N–H and O–H groups in total. The molecule has 19 heavy (non-hydrogen) atoms. The highest BCUT2D eigenvalue weighted by Gasteiger charge is 2.34. The Balaban J connectivity index is 2.31. The molecule has 1 atom stereocenters. The van der Waals surface area contributed by atoms with E-state index in [-0.39, 0.29) is 18.0 Å². The molecule has 1 fully saturated rings. The van der Waals surface area contributed by atoms with Crippen LogP contribution in [0.2, 0.25) is 0 Å². The molecule has 0 bridgehead atoms. The van der Waals surface area contributed by atoms with E-state index in [1.54, 1.807) is 0 Å². The highest BCUT2D eigenvalue weighted by Crippen LogP contribution is 2.33. The van der Waals surface area contributed by atoms with Gasteiger partial charge in [-0.2, -0.15) is 0 Å². The number of nitrogens with one attached hydrogen (secondary N) is 1. The van der Waals surface area contributed by atoms with Crippen LogP contribution in [0.3, 0.4) is 0 Å². The van der Waals surface area contributed by atoms with Crippen molar-refractivity contribution in [2.75, 3.05) is 6.54 Å². The smallest absolute Gasteiger partial charge is 0.243 e. The van der Waals surface area contributed by atoms with Crippen LogP contribution in [0.4, 0.5) is 8.78 Å². The van der Waals surface area contributed by atoms with Crippen molar-refractivity contribution >= 4 is 10.0 Å². The summed E-state index contributed by atoms with van der Waals surface area (Å²) in [5.74, 6) is -1.52. The Hall–Kier alpha value is -1.05. The molecule has 1 aliphatic rings. The molecule has 0 saturated heterocycles. The van der Waals surface area contributed by atoms with E-state index in [1.165, 1.54) is 6.92 Å². The maximum absolute atomic E-state index is 13.7. The zero-order chi connectivity index (χ0) is 14.2. The van der Waals surface area contributed by atoms with Crippen molar-refractivity contribution in [2.24, 2.45) is 11.7 Å². The molecule has 0 spiro atoms. The summed E-state index contributed by atoms with van der Waals surface area (Å²) < 4.78 is 53.5. The largest absolute Gasteiger partial charge is 0.329 e. The van der Waals surface area contributed by atoms with E-state index in [2.05, 4.69) is 4.72 Å². The first kappa shape index (κ1) is 14.4. The lowest BCUT2D eigenvalue weighted by atomic mass is 10.2. The summed E-state index contributed by atoms with van der Waals surface area (Å²) in [6, 6.07) is 1.15. The predicted molar refractivity (Wildman–Crippen MR) is 67.0 cm³/mol. The maximum Gasteiger partial charge on any atom is 0.243 e. The summed E-state index contributed by atoms with van der Waals surface area (Å²) in [7, 11) is -4.09. The second kappa shape index (κ2) is 5.15. The quantitative estimate of drug-likeness (QED) is 0.858. The summed E-state index contributed by atoms with van der Waals surface area (Å²) in [6.07, 6.45) is 1.80. The molecule has 4 nitrogen and oxygen atoms in total. The van der Waals surface area contributed by atoms with Crippen molar-refractivity contribution in [3.05, 3.63) is 29.3 Å². The van der Waals surface area contributed by atoms with Crippen LogP contribution >= 0.6 is 0 Å². The van der Waals surface area contributed by atoms with Gasteiger partial charge in [-0.15, -0.1) is 0 Å². The van der Waals surface area contributed by atoms with Gasteiger partial charge in [-0.25, -0.2) is 21.9 Å². The van der Waals surface area contributed by atoms with Crippen LogP contribution in [0.25, 0.3) is 0 Å². The fourth-order valence-corrected chi connectivity index (χ4v) is 3.32. The molecule has 0 amide bonds. The van der Waals surface area contributed by atoms with Crippen molar-refractivity contribution in [1.29, 1.82) is 0 Å². The first-order valence-corrected chi connectivity index (χ1v) is 7.51. The number of halogens is 2. The van der Waals surface area contributed by atoms with Gasteiger partial charge in [0.1, 0.15) is 16.5 Å². The minimum atomic E-state index is -4.09. The SMILES string of the molecule is Cc1cc(F)c(S(=O)(=O)N[C@H](CN)C2CC2)cc1F. The van der Waals surface area contributed by atoms with E-state index in [0.717, 1.165) is 18.9 Å². The van der Waals surface area contributed by atoms with Gasteiger partial charge in [0, 0.05) is 12.6 Å². The molecule has 0 aromatic heterocycles. The molecule has 0 unspecified atom stereocenters. The molecule has 1 aromatic carbocycles. The lowest BCUT2D eigenvalue weighted by molar-refractivity contribution is 0.507. The van der Waals surface area contributed by atoms with Gasteiger partial charge in [-0.05, 0) is 43.4 Å². The van der Waals surface area contributed by atoms with Gasteiger partial charge in [-0.3, -0.25) is 0 Å². The zero-order valence-corrected chi connectivity index (χ0v) is 11.3. The van der Waals surface area contributed by atoms with E-state index in [0.29, 0.717) is 6.07 Å². The van der Waals surface area contributed by atoms with Gasteiger partial charge in [0.05, 0.1) is 0 Å². The first-order valence-electron chi connectivity index (χ1n) is 6.03. The fourth-order valence-electron chi connectivity index (χ4n) is 1.93. The lowest BCUT2D eigenvalue weighted by Crippen LogP contribution is -2.41. The number of benzene rings is 1. The molecule has 0 heterocycles. The van der Waals surface area contributed by atoms with E-state index in [1.807, 2.05) is 0 Å². The number of nitrogens with two attached hydrogens (primary N) is 1. The Bertz CT molecular complexity index is 586. The van der Waals surface area contributed by atoms with Crippen LogP contribution in [-0.2, 0) is 10.0 Å². The number of hydrogen-bond donors (Lipinski definition) is 2. The first-order chi connectivity index (χ1) is 8.85. The van der Waals surface area contributed by atoms with E-state index >= 15 is 0 Å². The normalized spacial score (nSPS) is 17.5. The number of rotatable bonds is 5. The van der Waals surface area contributed by atoms with Crippen LogP contribution in [0, 0.1) is 24.5 Å². The molecule has 0 aliphatic heterocycles. The van der Waals surface area contributed by atoms with Crippen molar-refractivity contribution in [2.45, 2.75) is 30.7 Å². The highest BCUT2D eigenvalue weighted by molar-refractivity contribution is 7.89. The van der Waals surface area contributed by atoms with Crippen molar-refractivity contribution < 1.29 is 17.2 Å². The fraction of sp³-hybridized carbons (Fsp3) is 0.500. The summed E-state index contributed by atoms with van der Waals surface area (Å²) in [4.78, 5) is -0.672. The van der Waals surface area contributed by atoms with Crippen LogP contribution in [0.5, 0.6) is 0 Å². The molecule has 7 heteroatoms. The Morgan fingerprint density at radius 1 is 1.37 bits per heavy atom. The minimum Gasteiger partial charge on any atom is -0.329 e. The van der Waals surface area contributed by atoms with Crippen molar-refractivity contribution in [3.8, 4) is 0 Å². The third-order valence-corrected chi connectivity index (χ3v) is 4.76. The lowest BCUT2D eigenvalue weighted by Gasteiger charge is -2.16. The van der Waals surface area contributed by atoms with Crippen LogP contribution < -0.4 is 10.5 Å². The highest BCUT2D eigenvalue weighted by atomic mass is 32.2. The monoisotopic (exact) mass is 290 g/mol. The Morgan fingerprint density at radius 3 is 2.53 bits per heavy atom. The predicted octanol–water partition coefficient (Wildman–Crippen LogP) is 1.29. The minimum absolute atomic E-state index is 0.0639. The number of hydrogen-bond acceptors (Lipinski definition) is 3. The van der Waals surface area contributed by atoms with Crippen molar-refractivity contribution in [3.63, 3.8) is 0 Å². The van der Waals surface area contributed by atoms with Gasteiger partial charge in [-0.1, -0.05) is 0 Å². The van der Waals surface area contributed by atoms with Crippen LogP contribution in [-0.4, -0.2) is 21.0 Å². The molecular formula is C12H16F2N2O2S. The molecule has 106 valence electrons. The summed E-state index contributed by atoms with van der Waals surface area (Å²) in [5, 5.41) is 0. The molecular weight excluding hydrogens is 274 g/mol. The Kier molecular flexibility index (Phi) is 3.89. The second-order valence-corrected chi connectivity index (χ2v) is 6.52. The van der Waals surface area contributed by atoms with E-state index < -0.39 is 32.6 Å². The molecule has 0 radical (unpaired) electrons. The Morgan fingerprint density at radius 2 is 2.00 bits per heavy atom. The second-order valence-electron chi connectivity index (χ2n) is 4.83. The van der Waals surface area contributed by atoms with E-state index in [4.69, 9.17) is 5.73 Å². The maximum atomic E-state index is 13.7. The van der Waals surface area contributed by atoms with Gasteiger partial charge in [0.15, 0.2) is 0 Å².